The van der Waals surface area contributed by atoms with Gasteiger partial charge in [0.05, 0.1) is 0 Å². The van der Waals surface area contributed by atoms with Crippen LogP contribution in [0.3, 0.4) is 0 Å². The van der Waals surface area contributed by atoms with Gasteiger partial charge in [0, 0.05) is 35.0 Å². The van der Waals surface area contributed by atoms with E-state index in [2.05, 4.69) is 38.2 Å². The van der Waals surface area contributed by atoms with E-state index < -0.39 is 10.8 Å². The van der Waals surface area contributed by atoms with Gasteiger partial charge in [0.25, 0.3) is 0 Å². The second-order valence-electron chi connectivity index (χ2n) is 4.58. The number of benzene rings is 1. The minimum atomic E-state index is -0.776. The first-order valence-corrected chi connectivity index (χ1v) is 7.35. The van der Waals surface area contributed by atoms with Gasteiger partial charge < -0.3 is 5.32 Å². The Hall–Kier alpha value is -0.830. The fourth-order valence-electron chi connectivity index (χ4n) is 1.56. The normalized spacial score (nSPS) is 12.8. The summed E-state index contributed by atoms with van der Waals surface area (Å²) >= 11 is 0. The summed E-state index contributed by atoms with van der Waals surface area (Å²) < 4.78 is 11.2. The molecule has 1 rings (SSSR count). The third kappa shape index (κ3) is 3.97. The van der Waals surface area contributed by atoms with Crippen LogP contribution < -0.4 is 5.32 Å². The van der Waals surface area contributed by atoms with Crippen molar-refractivity contribution in [2.75, 3.05) is 18.1 Å². The molecule has 3 heteroatoms. The molecular weight excluding hydrogens is 218 g/mol. The van der Waals surface area contributed by atoms with Gasteiger partial charge >= 0.3 is 0 Å². The lowest BCUT2D eigenvalue weighted by Crippen LogP contribution is -2.09. The summed E-state index contributed by atoms with van der Waals surface area (Å²) in [6, 6.07) is 6.16. The summed E-state index contributed by atoms with van der Waals surface area (Å²) in [5.74, 6) is 1.27. The van der Waals surface area contributed by atoms with Crippen molar-refractivity contribution in [3.63, 3.8) is 0 Å². The van der Waals surface area contributed by atoms with Gasteiger partial charge in [-0.2, -0.15) is 0 Å². The molecule has 1 N–H and O–H groups in total. The van der Waals surface area contributed by atoms with Crippen molar-refractivity contribution in [3.8, 4) is 0 Å². The lowest BCUT2D eigenvalue weighted by Gasteiger charge is -2.14. The fourth-order valence-corrected chi connectivity index (χ4v) is 2.32. The Labute approximate surface area is 101 Å². The molecule has 0 fully saturated rings. The minimum Gasteiger partial charge on any atom is -0.385 e. The maximum atomic E-state index is 11.2. The van der Waals surface area contributed by atoms with Gasteiger partial charge in [-0.05, 0) is 30.0 Å². The van der Waals surface area contributed by atoms with E-state index in [0.29, 0.717) is 11.7 Å². The molecule has 0 aromatic heterocycles. The Morgan fingerprint density at radius 1 is 1.38 bits per heavy atom. The first-order valence-electron chi connectivity index (χ1n) is 5.63. The Morgan fingerprint density at radius 3 is 2.62 bits per heavy atom. The maximum absolute atomic E-state index is 11.2. The average Bonchev–Trinajstić information content (AvgIpc) is 2.18. The van der Waals surface area contributed by atoms with Crippen LogP contribution in [0.15, 0.2) is 18.2 Å². The lowest BCUT2D eigenvalue weighted by atomic mass is 10.1. The van der Waals surface area contributed by atoms with E-state index in [1.54, 1.807) is 6.26 Å². The highest BCUT2D eigenvalue weighted by atomic mass is 32.2. The Kier molecular flexibility index (Phi) is 5.00. The van der Waals surface area contributed by atoms with Gasteiger partial charge in [-0.3, -0.25) is 4.21 Å². The van der Waals surface area contributed by atoms with Crippen molar-refractivity contribution in [2.45, 2.75) is 26.5 Å². The van der Waals surface area contributed by atoms with Crippen molar-refractivity contribution in [3.05, 3.63) is 29.3 Å². The molecular formula is C13H21NOS. The van der Waals surface area contributed by atoms with Crippen LogP contribution in [0.5, 0.6) is 0 Å². The SMILES string of the molecule is Cc1c(CS(C)=O)cccc1NCC(C)C. The molecule has 0 radical (unpaired) electrons. The first kappa shape index (κ1) is 13.2. The number of anilines is 1. The Bertz CT molecular complexity index is 374. The average molecular weight is 239 g/mol. The van der Waals surface area contributed by atoms with Gasteiger partial charge in [0.2, 0.25) is 0 Å². The van der Waals surface area contributed by atoms with Crippen LogP contribution >= 0.6 is 0 Å². The zero-order chi connectivity index (χ0) is 12.1. The molecule has 1 aromatic rings. The monoisotopic (exact) mass is 239 g/mol. The molecule has 0 spiro atoms. The van der Waals surface area contributed by atoms with Crippen LogP contribution in [0.4, 0.5) is 5.69 Å². The summed E-state index contributed by atoms with van der Waals surface area (Å²) in [6.07, 6.45) is 1.74. The molecule has 0 saturated carbocycles. The Morgan fingerprint density at radius 2 is 2.06 bits per heavy atom. The summed E-state index contributed by atoms with van der Waals surface area (Å²) in [6.45, 7) is 7.44. The van der Waals surface area contributed by atoms with Crippen LogP contribution in [0.1, 0.15) is 25.0 Å². The molecule has 1 atom stereocenters. The van der Waals surface area contributed by atoms with Crippen molar-refractivity contribution >= 4 is 16.5 Å². The molecule has 0 bridgehead atoms. The summed E-state index contributed by atoms with van der Waals surface area (Å²) in [4.78, 5) is 0. The van der Waals surface area contributed by atoms with Crippen LogP contribution in [0.2, 0.25) is 0 Å². The fraction of sp³-hybridized carbons (Fsp3) is 0.538. The first-order chi connectivity index (χ1) is 7.50. The van der Waals surface area contributed by atoms with E-state index in [1.807, 2.05) is 6.07 Å². The predicted molar refractivity (Wildman–Crippen MR) is 72.3 cm³/mol. The van der Waals surface area contributed by atoms with Crippen molar-refractivity contribution in [1.29, 1.82) is 0 Å². The number of nitrogens with one attached hydrogen (secondary N) is 1. The van der Waals surface area contributed by atoms with E-state index in [0.717, 1.165) is 12.2 Å². The highest BCUT2D eigenvalue weighted by molar-refractivity contribution is 7.83. The van der Waals surface area contributed by atoms with Crippen molar-refractivity contribution in [1.82, 2.24) is 0 Å². The smallest absolute Gasteiger partial charge is 0.0486 e. The van der Waals surface area contributed by atoms with E-state index in [4.69, 9.17) is 0 Å². The van der Waals surface area contributed by atoms with E-state index in [1.165, 1.54) is 11.1 Å². The topological polar surface area (TPSA) is 29.1 Å². The molecule has 1 unspecified atom stereocenters. The van der Waals surface area contributed by atoms with Gasteiger partial charge in [-0.25, -0.2) is 0 Å². The highest BCUT2D eigenvalue weighted by Gasteiger charge is 2.05. The standard InChI is InChI=1S/C13H21NOS/c1-10(2)8-14-13-7-5-6-12(11(13)3)9-16(4)15/h5-7,10,14H,8-9H2,1-4H3. The number of rotatable bonds is 5. The van der Waals surface area contributed by atoms with Gasteiger partial charge in [-0.15, -0.1) is 0 Å². The summed E-state index contributed by atoms with van der Waals surface area (Å²) in [7, 11) is -0.776. The minimum absolute atomic E-state index is 0.628. The van der Waals surface area contributed by atoms with Gasteiger partial charge in [-0.1, -0.05) is 26.0 Å². The molecule has 90 valence electrons. The van der Waals surface area contributed by atoms with Gasteiger partial charge in [0.1, 0.15) is 0 Å². The zero-order valence-corrected chi connectivity index (χ0v) is 11.4. The lowest BCUT2D eigenvalue weighted by molar-refractivity contribution is 0.685. The largest absolute Gasteiger partial charge is 0.385 e. The molecule has 0 aliphatic rings. The van der Waals surface area contributed by atoms with Crippen LogP contribution in [0, 0.1) is 12.8 Å². The summed E-state index contributed by atoms with van der Waals surface area (Å²) in [5.41, 5.74) is 3.56. The summed E-state index contributed by atoms with van der Waals surface area (Å²) in [5, 5.41) is 3.43. The molecule has 0 amide bonds. The third-order valence-electron chi connectivity index (χ3n) is 2.51. The van der Waals surface area contributed by atoms with Gasteiger partial charge in [0.15, 0.2) is 0 Å². The zero-order valence-electron chi connectivity index (χ0n) is 10.5. The maximum Gasteiger partial charge on any atom is 0.0486 e. The second-order valence-corrected chi connectivity index (χ2v) is 6.02. The quantitative estimate of drug-likeness (QED) is 0.856. The molecule has 0 heterocycles. The van der Waals surface area contributed by atoms with Crippen molar-refractivity contribution < 1.29 is 4.21 Å². The predicted octanol–water partition coefficient (Wildman–Crippen LogP) is 2.94. The number of hydrogen-bond acceptors (Lipinski definition) is 2. The van der Waals surface area contributed by atoms with E-state index in [-0.39, 0.29) is 0 Å². The second kappa shape index (κ2) is 6.04. The molecule has 0 saturated heterocycles. The van der Waals surface area contributed by atoms with Crippen LogP contribution in [0.25, 0.3) is 0 Å². The van der Waals surface area contributed by atoms with Crippen LogP contribution in [-0.2, 0) is 16.6 Å². The highest BCUT2D eigenvalue weighted by Crippen LogP contribution is 2.20. The third-order valence-corrected chi connectivity index (χ3v) is 3.22. The molecule has 0 aliphatic carbocycles. The Balaban J connectivity index is 2.81. The number of hydrogen-bond donors (Lipinski definition) is 1. The molecule has 0 aliphatic heterocycles. The molecule has 2 nitrogen and oxygen atoms in total. The molecule has 1 aromatic carbocycles. The van der Waals surface area contributed by atoms with Crippen LogP contribution in [-0.4, -0.2) is 17.0 Å². The van der Waals surface area contributed by atoms with Crippen molar-refractivity contribution in [2.24, 2.45) is 5.92 Å². The molecule has 16 heavy (non-hydrogen) atoms. The van der Waals surface area contributed by atoms with E-state index in [9.17, 15) is 4.21 Å². The van der Waals surface area contributed by atoms with E-state index >= 15 is 0 Å².